The molecule has 0 aliphatic heterocycles. The number of hydrogen-bond acceptors (Lipinski definition) is 0. The van der Waals surface area contributed by atoms with Gasteiger partial charge in [-0.3, -0.25) is 0 Å². The SMILES string of the molecule is C[Si](C)(C)c1ccc(C#CC#Cc2ccc([Si](C)(C)C)cc2)cc1. The van der Waals surface area contributed by atoms with Crippen LogP contribution in [0.3, 0.4) is 0 Å². The molecule has 0 saturated heterocycles. The molecule has 0 radical (unpaired) electrons. The first-order valence-electron chi connectivity index (χ1n) is 8.39. The van der Waals surface area contributed by atoms with Gasteiger partial charge < -0.3 is 0 Å². The minimum absolute atomic E-state index is 1.03. The topological polar surface area (TPSA) is 0 Å². The second kappa shape index (κ2) is 7.26. The fourth-order valence-electron chi connectivity index (χ4n) is 2.31. The van der Waals surface area contributed by atoms with E-state index in [9.17, 15) is 0 Å². The fourth-order valence-corrected chi connectivity index (χ4v) is 4.65. The van der Waals surface area contributed by atoms with Crippen LogP contribution in [0, 0.1) is 23.7 Å². The molecule has 0 aromatic heterocycles. The Hall–Kier alpha value is -2.01. The van der Waals surface area contributed by atoms with Gasteiger partial charge in [0.15, 0.2) is 0 Å². The van der Waals surface area contributed by atoms with Crippen LogP contribution < -0.4 is 10.4 Å². The molecule has 0 fully saturated rings. The van der Waals surface area contributed by atoms with Crippen molar-refractivity contribution in [2.45, 2.75) is 39.3 Å². The summed E-state index contributed by atoms with van der Waals surface area (Å²) >= 11 is 0. The average Bonchev–Trinajstić information content (AvgIpc) is 2.51. The largest absolute Gasteiger partial charge is 0.0775 e. The first kappa shape index (κ1) is 18.3. The highest BCUT2D eigenvalue weighted by Gasteiger charge is 2.15. The Kier molecular flexibility index (Phi) is 5.55. The van der Waals surface area contributed by atoms with E-state index in [0.29, 0.717) is 0 Å². The van der Waals surface area contributed by atoms with E-state index in [1.54, 1.807) is 0 Å². The van der Waals surface area contributed by atoms with E-state index in [2.05, 4.69) is 111 Å². The third kappa shape index (κ3) is 5.27. The summed E-state index contributed by atoms with van der Waals surface area (Å²) in [7, 11) is -2.46. The van der Waals surface area contributed by atoms with Crippen molar-refractivity contribution in [2.75, 3.05) is 0 Å². The molecular weight excluding hydrogens is 320 g/mol. The lowest BCUT2D eigenvalue weighted by Crippen LogP contribution is -2.37. The zero-order chi connectivity index (χ0) is 17.8. The van der Waals surface area contributed by atoms with Crippen molar-refractivity contribution in [3.05, 3.63) is 59.7 Å². The van der Waals surface area contributed by atoms with Gasteiger partial charge in [0.25, 0.3) is 0 Å². The monoisotopic (exact) mass is 346 g/mol. The molecule has 2 rings (SSSR count). The zero-order valence-corrected chi connectivity index (χ0v) is 17.6. The van der Waals surface area contributed by atoms with E-state index in [1.807, 2.05) is 0 Å². The first-order chi connectivity index (χ1) is 11.2. The summed E-state index contributed by atoms with van der Waals surface area (Å²) in [6.07, 6.45) is 0. The van der Waals surface area contributed by atoms with E-state index in [1.165, 1.54) is 10.4 Å². The highest BCUT2D eigenvalue weighted by molar-refractivity contribution is 6.89. The highest BCUT2D eigenvalue weighted by Crippen LogP contribution is 2.04. The molecule has 0 bridgehead atoms. The third-order valence-corrected chi connectivity index (χ3v) is 8.11. The van der Waals surface area contributed by atoms with Crippen molar-refractivity contribution in [1.82, 2.24) is 0 Å². The number of rotatable bonds is 2. The lowest BCUT2D eigenvalue weighted by molar-refractivity contribution is 1.64. The van der Waals surface area contributed by atoms with Gasteiger partial charge in [0.2, 0.25) is 0 Å². The van der Waals surface area contributed by atoms with Gasteiger partial charge in [-0.15, -0.1) is 0 Å². The van der Waals surface area contributed by atoms with Crippen molar-refractivity contribution >= 4 is 26.5 Å². The number of hydrogen-bond donors (Lipinski definition) is 0. The van der Waals surface area contributed by atoms with E-state index in [4.69, 9.17) is 0 Å². The van der Waals surface area contributed by atoms with Gasteiger partial charge in [0, 0.05) is 11.1 Å². The lowest BCUT2D eigenvalue weighted by atomic mass is 10.2. The normalized spacial score (nSPS) is 11.1. The summed E-state index contributed by atoms with van der Waals surface area (Å²) in [5.74, 6) is 12.2. The quantitative estimate of drug-likeness (QED) is 0.565. The molecule has 0 unspecified atom stereocenters. The van der Waals surface area contributed by atoms with Gasteiger partial charge in [0.05, 0.1) is 16.1 Å². The maximum Gasteiger partial charge on any atom is 0.0775 e. The van der Waals surface area contributed by atoms with Crippen molar-refractivity contribution in [1.29, 1.82) is 0 Å². The fraction of sp³-hybridized carbons (Fsp3) is 0.273. The average molecular weight is 347 g/mol. The Labute approximate surface area is 149 Å². The summed E-state index contributed by atoms with van der Waals surface area (Å²) < 4.78 is 0. The van der Waals surface area contributed by atoms with E-state index >= 15 is 0 Å². The zero-order valence-electron chi connectivity index (χ0n) is 15.6. The number of benzene rings is 2. The van der Waals surface area contributed by atoms with Gasteiger partial charge >= 0.3 is 0 Å². The van der Waals surface area contributed by atoms with Crippen LogP contribution in [0.1, 0.15) is 11.1 Å². The van der Waals surface area contributed by atoms with Crippen molar-refractivity contribution in [3.8, 4) is 23.7 Å². The van der Waals surface area contributed by atoms with Gasteiger partial charge in [0.1, 0.15) is 0 Å². The summed E-state index contributed by atoms with van der Waals surface area (Å²) in [6.45, 7) is 14.1. The standard InChI is InChI=1S/C22H26Si2/c1-23(2,3)21-15-11-19(12-16-21)9-7-8-10-20-13-17-22(18-14-20)24(4,5)6/h11-18H,1-6H3. The highest BCUT2D eigenvalue weighted by atomic mass is 28.3. The van der Waals surface area contributed by atoms with E-state index < -0.39 is 16.1 Å². The molecule has 0 saturated carbocycles. The molecule has 0 aliphatic rings. The molecule has 2 aromatic rings. The first-order valence-corrected chi connectivity index (χ1v) is 15.4. The predicted octanol–water partition coefficient (Wildman–Crippen LogP) is 4.18. The molecule has 2 heteroatoms. The van der Waals surface area contributed by atoms with E-state index in [0.717, 1.165) is 11.1 Å². The van der Waals surface area contributed by atoms with Gasteiger partial charge in [-0.25, -0.2) is 0 Å². The van der Waals surface area contributed by atoms with Crippen molar-refractivity contribution < 1.29 is 0 Å². The molecule has 0 N–H and O–H groups in total. The van der Waals surface area contributed by atoms with E-state index in [-0.39, 0.29) is 0 Å². The van der Waals surface area contributed by atoms with Crippen LogP contribution in [-0.2, 0) is 0 Å². The molecule has 122 valence electrons. The molecule has 0 amide bonds. The summed E-state index contributed by atoms with van der Waals surface area (Å²) in [5, 5.41) is 2.92. The molecule has 0 atom stereocenters. The van der Waals surface area contributed by atoms with Gasteiger partial charge in [-0.2, -0.15) is 0 Å². The summed E-state index contributed by atoms with van der Waals surface area (Å²) in [6, 6.07) is 17.2. The Morgan fingerprint density at radius 1 is 0.500 bits per heavy atom. The summed E-state index contributed by atoms with van der Waals surface area (Å²) in [4.78, 5) is 0. The van der Waals surface area contributed by atoms with Crippen LogP contribution in [0.15, 0.2) is 48.5 Å². The molecule has 0 heterocycles. The van der Waals surface area contributed by atoms with Crippen LogP contribution in [0.4, 0.5) is 0 Å². The van der Waals surface area contributed by atoms with Crippen LogP contribution in [0.25, 0.3) is 0 Å². The molecule has 0 nitrogen and oxygen atoms in total. The third-order valence-electron chi connectivity index (χ3n) is 3.98. The second-order valence-electron chi connectivity index (χ2n) is 8.15. The Morgan fingerprint density at radius 2 is 0.792 bits per heavy atom. The van der Waals surface area contributed by atoms with Crippen molar-refractivity contribution in [2.24, 2.45) is 0 Å². The maximum absolute atomic E-state index is 3.13. The lowest BCUT2D eigenvalue weighted by Gasteiger charge is -2.16. The van der Waals surface area contributed by atoms with Gasteiger partial charge in [-0.05, 0) is 36.1 Å². The van der Waals surface area contributed by atoms with Crippen LogP contribution in [0.5, 0.6) is 0 Å². The molecule has 0 aliphatic carbocycles. The Bertz CT molecular complexity index is 733. The molecular formula is C22H26Si2. The van der Waals surface area contributed by atoms with Crippen LogP contribution in [-0.4, -0.2) is 16.1 Å². The van der Waals surface area contributed by atoms with Crippen LogP contribution >= 0.6 is 0 Å². The molecule has 0 spiro atoms. The van der Waals surface area contributed by atoms with Gasteiger partial charge in [-0.1, -0.05) is 85.8 Å². The minimum Gasteiger partial charge on any atom is -0.0656 e. The maximum atomic E-state index is 3.13. The second-order valence-corrected chi connectivity index (χ2v) is 18.3. The molecule has 2 aromatic carbocycles. The Morgan fingerprint density at radius 3 is 1.04 bits per heavy atom. The smallest absolute Gasteiger partial charge is 0.0656 e. The van der Waals surface area contributed by atoms with Crippen LogP contribution in [0.2, 0.25) is 39.3 Å². The Balaban J connectivity index is 2.07. The summed E-state index contributed by atoms with van der Waals surface area (Å²) in [5.41, 5.74) is 2.06. The van der Waals surface area contributed by atoms with Crippen molar-refractivity contribution in [3.63, 3.8) is 0 Å². The predicted molar refractivity (Wildman–Crippen MR) is 113 cm³/mol. The minimum atomic E-state index is -1.23. The molecule has 24 heavy (non-hydrogen) atoms.